The molecule has 0 spiro atoms. The predicted octanol–water partition coefficient (Wildman–Crippen LogP) is 11.0. The van der Waals surface area contributed by atoms with E-state index in [-0.39, 0.29) is 93.9 Å². The first-order valence-electron chi connectivity index (χ1n) is 45.1. The molecule has 0 amide bonds. The Labute approximate surface area is 724 Å². The minimum Gasteiger partial charge on any atom is -0.491 e. The van der Waals surface area contributed by atoms with E-state index < -0.39 is 116 Å². The fraction of sp³-hybridized carbons (Fsp3) is 0.526. The number of hydrogen-bond donors (Lipinski definition) is 2. The number of unbranched alkanes of at least 4 members (excludes halogenated alkanes) is 18. The Morgan fingerprint density at radius 1 is 0.376 bits per heavy atom. The van der Waals surface area contributed by atoms with Crippen molar-refractivity contribution in [3.05, 3.63) is 274 Å². The second-order valence-electron chi connectivity index (χ2n) is 34.9. The first-order chi connectivity index (χ1) is 60.1. The summed E-state index contributed by atoms with van der Waals surface area (Å²) in [6, 6.07) is 15.4. The number of allylic oxidation sites excluding steroid dienone is 4. The predicted molar refractivity (Wildman–Crippen MR) is 492 cm³/mol. The molecule has 125 heavy (non-hydrogen) atoms. The molecule has 4 aromatic carbocycles. The molecule has 2 N–H and O–H groups in total. The zero-order valence-corrected chi connectivity index (χ0v) is 73.6. The average molecular weight is 1720 g/mol. The van der Waals surface area contributed by atoms with Crippen LogP contribution < -0.4 is 88.1 Å². The van der Waals surface area contributed by atoms with Crippen molar-refractivity contribution < 1.29 is 19.7 Å². The molecule has 1 aliphatic rings. The number of benzene rings is 4. The Morgan fingerprint density at radius 2 is 0.680 bits per heavy atom. The smallest absolute Gasteiger partial charge is 0.336 e. The summed E-state index contributed by atoms with van der Waals surface area (Å²) in [4.78, 5) is 191. The number of nitrogens with zero attached hydrogens (tertiary/aromatic N) is 10. The van der Waals surface area contributed by atoms with Gasteiger partial charge in [-0.15, -0.1) is 26.3 Å². The molecular formula is C97H124N10O18. The molecule has 0 aliphatic heterocycles. The summed E-state index contributed by atoms with van der Waals surface area (Å²) in [6.45, 7) is 21.9. The van der Waals surface area contributed by atoms with E-state index in [2.05, 4.69) is 40.2 Å². The number of rotatable bonds is 51. The number of aromatic nitrogens is 10. The third kappa shape index (κ3) is 20.8. The number of fused-ring (bicyclic) bond motifs is 4. The normalized spacial score (nSPS) is 15.5. The number of aryl methyl sites for hydroxylation is 1. The van der Waals surface area contributed by atoms with Gasteiger partial charge in [-0.25, -0.2) is 60.7 Å². The topological polar surface area (TPSA) is 347 Å². The van der Waals surface area contributed by atoms with Gasteiger partial charge in [-0.05, 0) is 128 Å². The largest absolute Gasteiger partial charge is 0.491 e. The van der Waals surface area contributed by atoms with Crippen LogP contribution in [0.4, 0.5) is 0 Å². The van der Waals surface area contributed by atoms with Crippen LogP contribution in [-0.2, 0) is 64.8 Å². The van der Waals surface area contributed by atoms with Gasteiger partial charge < -0.3 is 19.7 Å². The molecule has 28 heteroatoms. The molecule has 6 heterocycles. The summed E-state index contributed by atoms with van der Waals surface area (Å²) in [5.74, 6) is 3.07. The molecule has 28 nitrogen and oxygen atoms in total. The average Bonchev–Trinajstić information content (AvgIpc) is 1.59. The maximum absolute atomic E-state index is 15.1. The lowest BCUT2D eigenvalue weighted by molar-refractivity contribution is 0.0581. The Hall–Kier alpha value is -11.3. The van der Waals surface area contributed by atoms with Crippen LogP contribution in [0.2, 0.25) is 0 Å². The van der Waals surface area contributed by atoms with Gasteiger partial charge >= 0.3 is 34.1 Å². The highest BCUT2D eigenvalue weighted by atomic mass is 16.5. The minimum atomic E-state index is -1.61. The quantitative estimate of drug-likeness (QED) is 0.0264. The highest BCUT2D eigenvalue weighted by Crippen LogP contribution is 2.48. The van der Waals surface area contributed by atoms with Crippen molar-refractivity contribution in [3.63, 3.8) is 0 Å². The van der Waals surface area contributed by atoms with Gasteiger partial charge in [0.15, 0.2) is 0 Å². The van der Waals surface area contributed by atoms with Crippen LogP contribution in [0.25, 0.3) is 48.8 Å². The molecule has 6 aromatic heterocycles. The molecule has 1 aliphatic carbocycles. The molecule has 0 radical (unpaired) electrons. The van der Waals surface area contributed by atoms with Crippen LogP contribution >= 0.6 is 0 Å². The molecule has 10 aromatic rings. The zero-order chi connectivity index (χ0) is 90.1. The maximum Gasteiger partial charge on any atom is 0.336 e. The fourth-order valence-electron chi connectivity index (χ4n) is 19.0. The second kappa shape index (κ2) is 43.1. The molecule has 6 atom stereocenters. The van der Waals surface area contributed by atoms with Gasteiger partial charge in [0.2, 0.25) is 0 Å². The van der Waals surface area contributed by atoms with E-state index >= 15 is 9.59 Å². The van der Waals surface area contributed by atoms with E-state index in [1.54, 1.807) is 31.2 Å². The maximum atomic E-state index is 15.1. The lowest BCUT2D eigenvalue weighted by atomic mass is 9.61. The summed E-state index contributed by atoms with van der Waals surface area (Å²) in [7, 11) is 1.39. The van der Waals surface area contributed by atoms with Crippen molar-refractivity contribution in [1.29, 1.82) is 0 Å². The summed E-state index contributed by atoms with van der Waals surface area (Å²) >= 11 is 0. The van der Waals surface area contributed by atoms with Crippen molar-refractivity contribution in [2.45, 2.75) is 284 Å². The van der Waals surface area contributed by atoms with Crippen molar-refractivity contribution in [2.75, 3.05) is 13.2 Å². The van der Waals surface area contributed by atoms with Gasteiger partial charge in [0.25, 0.3) is 44.5 Å². The van der Waals surface area contributed by atoms with Crippen LogP contribution in [0.15, 0.2) is 178 Å². The lowest BCUT2D eigenvalue weighted by Crippen LogP contribution is -2.55. The zero-order valence-electron chi connectivity index (χ0n) is 73.6. The number of ether oxygens (including phenoxy) is 2. The Balaban J connectivity index is 0.759. The Morgan fingerprint density at radius 3 is 1.05 bits per heavy atom. The molecule has 670 valence electrons. The van der Waals surface area contributed by atoms with Crippen molar-refractivity contribution in [1.82, 2.24) is 45.7 Å². The SMILES string of the molecule is C=CCn1c(=O)n(CC=C)c(=O)n(CC(O)COc2ccc(C(C)(C)c3ccc(OCC(O)Cn4c(=O)n(CC=C)c(=O)n(CC=C)c4=O)c(-n4c(=O)c5cc6c(=O)n(CCCCCCCCC7CCC(CCCCCC)C(CCCCCCCC)C7CCCCCCCCn7c(=O)c8cc9c(=O)n(C)c(=O)c9cc8c7=O)c(=O)c6cc5c4=O)c3)cc2C)c1=O. The monoisotopic (exact) mass is 1720 g/mol. The molecule has 6 unspecified atom stereocenters. The number of aliphatic hydroxyl groups excluding tert-OH is 2. The molecule has 11 rings (SSSR count). The van der Waals surface area contributed by atoms with Gasteiger partial charge in [0.1, 0.15) is 36.9 Å². The van der Waals surface area contributed by atoms with Crippen LogP contribution in [-0.4, -0.2) is 81.3 Å². The number of aliphatic hydroxyl groups is 2. The van der Waals surface area contributed by atoms with E-state index in [0.717, 1.165) is 102 Å². The molecular weight excluding hydrogens is 1590 g/mol. The molecule has 1 saturated carbocycles. The van der Waals surface area contributed by atoms with Gasteiger partial charge in [-0.2, -0.15) is 0 Å². The highest BCUT2D eigenvalue weighted by molar-refractivity contribution is 5.99. The van der Waals surface area contributed by atoms with E-state index in [1.165, 1.54) is 180 Å². The van der Waals surface area contributed by atoms with E-state index in [0.29, 0.717) is 58.2 Å². The lowest BCUT2D eigenvalue weighted by Gasteiger charge is -2.44. The Bertz CT molecular complexity index is 6180. The van der Waals surface area contributed by atoms with Crippen LogP contribution in [0.1, 0.15) is 224 Å². The fourth-order valence-corrected chi connectivity index (χ4v) is 19.0. The molecule has 1 fully saturated rings. The van der Waals surface area contributed by atoms with Crippen LogP contribution in [0, 0.1) is 30.6 Å². The van der Waals surface area contributed by atoms with Gasteiger partial charge in [-0.1, -0.05) is 211 Å². The summed E-state index contributed by atoms with van der Waals surface area (Å²) in [5.41, 5.74) is -9.50. The van der Waals surface area contributed by atoms with Gasteiger partial charge in [-0.3, -0.25) is 52.1 Å². The van der Waals surface area contributed by atoms with Crippen LogP contribution in [0.5, 0.6) is 11.5 Å². The standard InChI is InChI=1S/C97H124N10O18/c1-11-17-19-21-27-33-39-70-64(37-31-20-18-12-2)41-42-65(71(70)40-34-28-23-25-30-36-51-99-85(112)74-55-72-73(56-75(74)86(99)113)84(111)98(10)83(72)110)38-32-26-22-24-29-35-52-100-87(114)76-57-78-79(58-77(76)88(100)115)90(117)107(89(78)116)80-54-67(44-46-82(80)125-62-69(109)60-106-95(122)103(49-15-5)92(119)104(50-16-6)96(106)123)97(8,9)66-43-45-81(63(7)53-66)124-61-68(108)59-105-93(120)101(47-13-3)91(118)102(48-14-4)94(105)121/h13-16,43-46,53-58,64-65,68-71,108-109H,3-6,11-12,17-42,47-52,59-62H2,1-2,7-10H3. The minimum absolute atomic E-state index is 0.0188. The Kier molecular flexibility index (Phi) is 32.5. The second-order valence-corrected chi connectivity index (χ2v) is 34.9. The summed E-state index contributed by atoms with van der Waals surface area (Å²) in [5, 5.41) is 23.1. The highest BCUT2D eigenvalue weighted by Gasteiger charge is 2.38. The van der Waals surface area contributed by atoms with Crippen LogP contribution in [0.3, 0.4) is 0 Å². The molecule has 0 saturated heterocycles. The van der Waals surface area contributed by atoms with Crippen molar-refractivity contribution in [3.8, 4) is 17.2 Å². The van der Waals surface area contributed by atoms with E-state index in [9.17, 15) is 67.7 Å². The van der Waals surface area contributed by atoms with E-state index in [4.69, 9.17) is 9.47 Å². The van der Waals surface area contributed by atoms with Gasteiger partial charge in [0.05, 0.1) is 88.0 Å². The van der Waals surface area contributed by atoms with Gasteiger partial charge in [0, 0.05) is 25.6 Å². The molecule has 0 bridgehead atoms. The summed E-state index contributed by atoms with van der Waals surface area (Å²) < 4.78 is 21.3. The first kappa shape index (κ1) is 94.4. The first-order valence-corrected chi connectivity index (χ1v) is 45.1. The third-order valence-corrected chi connectivity index (χ3v) is 26.0. The van der Waals surface area contributed by atoms with E-state index in [1.807, 2.05) is 19.9 Å². The third-order valence-electron chi connectivity index (χ3n) is 26.0. The van der Waals surface area contributed by atoms with Crippen molar-refractivity contribution >= 4 is 43.1 Å². The summed E-state index contributed by atoms with van der Waals surface area (Å²) in [6.07, 6.45) is 34.1. The number of hydrogen-bond acceptors (Lipinski definition) is 18. The van der Waals surface area contributed by atoms with Crippen molar-refractivity contribution in [2.24, 2.45) is 30.7 Å².